The van der Waals surface area contributed by atoms with Gasteiger partial charge in [0.25, 0.3) is 0 Å². The van der Waals surface area contributed by atoms with Crippen LogP contribution in [-0.4, -0.2) is 17.3 Å². The minimum Gasteiger partial charge on any atom is -0.457 e. The molecule has 28 heavy (non-hydrogen) atoms. The molecule has 6 nitrogen and oxygen atoms in total. The third-order valence-corrected chi connectivity index (χ3v) is 3.51. The Labute approximate surface area is 157 Å². The van der Waals surface area contributed by atoms with Gasteiger partial charge in [-0.25, -0.2) is 0 Å². The number of nitrogens with zero attached hydrogens (tertiary/aromatic N) is 1. The van der Waals surface area contributed by atoms with Crippen molar-refractivity contribution < 1.29 is 27.4 Å². The fraction of sp³-hybridized carbons (Fsp3) is 0.0526. The summed E-state index contributed by atoms with van der Waals surface area (Å²) in [5.74, 6) is -0.302. The molecular weight excluding hydrogens is 375 g/mol. The number of rotatable bonds is 6. The van der Waals surface area contributed by atoms with Crippen molar-refractivity contribution in [3.8, 4) is 17.2 Å². The highest BCUT2D eigenvalue weighted by molar-refractivity contribution is 5.94. The van der Waals surface area contributed by atoms with Crippen LogP contribution < -0.4 is 20.5 Å². The lowest BCUT2D eigenvalue weighted by atomic mass is 10.1. The predicted molar refractivity (Wildman–Crippen MR) is 95.7 cm³/mol. The number of hydrogen-bond acceptors (Lipinski definition) is 5. The summed E-state index contributed by atoms with van der Waals surface area (Å²) in [6, 6.07) is 13.4. The molecule has 1 aromatic heterocycles. The summed E-state index contributed by atoms with van der Waals surface area (Å²) >= 11 is 0. The molecule has 0 atom stereocenters. The molecule has 0 aliphatic heterocycles. The molecule has 3 N–H and O–H groups in total. The topological polar surface area (TPSA) is 86.5 Å². The Morgan fingerprint density at radius 2 is 1.61 bits per heavy atom. The van der Waals surface area contributed by atoms with E-state index in [4.69, 9.17) is 10.5 Å². The van der Waals surface area contributed by atoms with Crippen LogP contribution in [0, 0.1) is 0 Å². The Morgan fingerprint density at radius 1 is 0.964 bits per heavy atom. The molecule has 0 aliphatic carbocycles. The smallest absolute Gasteiger partial charge is 0.457 e. The molecule has 0 saturated carbocycles. The zero-order valence-corrected chi connectivity index (χ0v) is 14.2. The number of alkyl halides is 3. The molecule has 0 saturated heterocycles. The Bertz CT molecular complexity index is 962. The van der Waals surface area contributed by atoms with Crippen molar-refractivity contribution in [2.75, 3.05) is 5.32 Å². The zero-order chi connectivity index (χ0) is 20.1. The molecule has 3 aromatic rings. The number of amides is 1. The number of nitrogens with one attached hydrogen (secondary N) is 1. The van der Waals surface area contributed by atoms with E-state index in [-0.39, 0.29) is 11.3 Å². The van der Waals surface area contributed by atoms with Crippen LogP contribution in [0.3, 0.4) is 0 Å². The lowest BCUT2D eigenvalue weighted by molar-refractivity contribution is -0.274. The van der Waals surface area contributed by atoms with Gasteiger partial charge in [-0.05, 0) is 54.6 Å². The summed E-state index contributed by atoms with van der Waals surface area (Å²) in [4.78, 5) is 15.1. The van der Waals surface area contributed by atoms with Gasteiger partial charge in [-0.2, -0.15) is 0 Å². The highest BCUT2D eigenvalue weighted by Crippen LogP contribution is 2.34. The van der Waals surface area contributed by atoms with Crippen LogP contribution in [0.1, 0.15) is 10.4 Å². The summed E-state index contributed by atoms with van der Waals surface area (Å²) in [6.07, 6.45) is -1.75. The number of carbonyl (C=O) groups excluding carboxylic acids is 1. The van der Waals surface area contributed by atoms with E-state index in [1.165, 1.54) is 12.1 Å². The molecule has 0 radical (unpaired) electrons. The average molecular weight is 389 g/mol. The number of anilines is 2. The average Bonchev–Trinajstić information content (AvgIpc) is 2.64. The quantitative estimate of drug-likeness (QED) is 0.643. The lowest BCUT2D eigenvalue weighted by Crippen LogP contribution is -2.19. The van der Waals surface area contributed by atoms with E-state index in [1.54, 1.807) is 48.8 Å². The van der Waals surface area contributed by atoms with Crippen LogP contribution in [-0.2, 0) is 0 Å². The standard InChI is InChI=1S/C19H14F3N3O3/c20-19(21,22)28-17-11-12(18(23)26)1-6-16(17)25-13-2-4-14(5-3-13)27-15-7-9-24-10-8-15/h1-11,25H,(H2,23,26). The molecule has 3 rings (SSSR count). The number of benzene rings is 2. The summed E-state index contributed by atoms with van der Waals surface area (Å²) in [5.41, 5.74) is 5.51. The molecule has 0 spiro atoms. The number of primary amides is 1. The van der Waals surface area contributed by atoms with Gasteiger partial charge < -0.3 is 20.5 Å². The molecule has 144 valence electrons. The molecule has 1 amide bonds. The van der Waals surface area contributed by atoms with Gasteiger partial charge in [-0.3, -0.25) is 9.78 Å². The van der Waals surface area contributed by atoms with Crippen LogP contribution in [0.5, 0.6) is 17.2 Å². The SMILES string of the molecule is NC(=O)c1ccc(Nc2ccc(Oc3ccncc3)cc2)c(OC(F)(F)F)c1. The number of hydrogen-bond donors (Lipinski definition) is 2. The third kappa shape index (κ3) is 5.13. The first-order chi connectivity index (χ1) is 13.3. The summed E-state index contributed by atoms with van der Waals surface area (Å²) in [5, 5.41) is 2.81. The number of nitrogens with two attached hydrogens (primary N) is 1. The van der Waals surface area contributed by atoms with Gasteiger partial charge in [-0.15, -0.1) is 13.2 Å². The molecule has 2 aromatic carbocycles. The molecule has 0 bridgehead atoms. The maximum Gasteiger partial charge on any atom is 0.573 e. The van der Waals surface area contributed by atoms with Crippen molar-refractivity contribution >= 4 is 17.3 Å². The Morgan fingerprint density at radius 3 is 2.21 bits per heavy atom. The van der Waals surface area contributed by atoms with Crippen molar-refractivity contribution in [2.24, 2.45) is 5.73 Å². The van der Waals surface area contributed by atoms with Crippen molar-refractivity contribution in [1.82, 2.24) is 4.98 Å². The van der Waals surface area contributed by atoms with Gasteiger partial charge in [0.1, 0.15) is 11.5 Å². The van der Waals surface area contributed by atoms with Crippen molar-refractivity contribution in [2.45, 2.75) is 6.36 Å². The van der Waals surface area contributed by atoms with Crippen molar-refractivity contribution in [3.05, 3.63) is 72.6 Å². The van der Waals surface area contributed by atoms with Crippen LogP contribution in [0.4, 0.5) is 24.5 Å². The number of carbonyl (C=O) groups is 1. The zero-order valence-electron chi connectivity index (χ0n) is 14.2. The second-order valence-corrected chi connectivity index (χ2v) is 5.56. The van der Waals surface area contributed by atoms with Crippen molar-refractivity contribution in [1.29, 1.82) is 0 Å². The maximum atomic E-state index is 12.7. The fourth-order valence-electron chi connectivity index (χ4n) is 2.29. The van der Waals surface area contributed by atoms with Gasteiger partial charge >= 0.3 is 6.36 Å². The minimum atomic E-state index is -4.92. The minimum absolute atomic E-state index is 0.0186. The van der Waals surface area contributed by atoms with Gasteiger partial charge in [0.2, 0.25) is 5.91 Å². The summed E-state index contributed by atoms with van der Waals surface area (Å²) in [7, 11) is 0. The fourth-order valence-corrected chi connectivity index (χ4v) is 2.29. The lowest BCUT2D eigenvalue weighted by Gasteiger charge is -2.16. The highest BCUT2D eigenvalue weighted by atomic mass is 19.4. The van der Waals surface area contributed by atoms with Crippen LogP contribution in [0.2, 0.25) is 0 Å². The van der Waals surface area contributed by atoms with E-state index in [2.05, 4.69) is 15.0 Å². The van der Waals surface area contributed by atoms with E-state index >= 15 is 0 Å². The van der Waals surface area contributed by atoms with E-state index in [0.717, 1.165) is 6.07 Å². The monoisotopic (exact) mass is 389 g/mol. The van der Waals surface area contributed by atoms with Gasteiger partial charge in [0.05, 0.1) is 5.69 Å². The first-order valence-corrected chi connectivity index (χ1v) is 7.95. The van der Waals surface area contributed by atoms with E-state index in [1.807, 2.05) is 0 Å². The van der Waals surface area contributed by atoms with Gasteiger partial charge in [0.15, 0.2) is 5.75 Å². The predicted octanol–water partition coefficient (Wildman–Crippen LogP) is 4.62. The second kappa shape index (κ2) is 7.87. The van der Waals surface area contributed by atoms with Crippen LogP contribution in [0.25, 0.3) is 0 Å². The first kappa shape index (κ1) is 19.0. The van der Waals surface area contributed by atoms with E-state index < -0.39 is 18.0 Å². The molecular formula is C19H14F3N3O3. The van der Waals surface area contributed by atoms with Crippen LogP contribution >= 0.6 is 0 Å². The number of pyridine rings is 1. The first-order valence-electron chi connectivity index (χ1n) is 7.95. The Hall–Kier alpha value is -3.75. The summed E-state index contributed by atoms with van der Waals surface area (Å²) in [6.45, 7) is 0. The third-order valence-electron chi connectivity index (χ3n) is 3.51. The number of aromatic nitrogens is 1. The van der Waals surface area contributed by atoms with Crippen molar-refractivity contribution in [3.63, 3.8) is 0 Å². The molecule has 0 unspecified atom stereocenters. The molecule has 9 heteroatoms. The number of ether oxygens (including phenoxy) is 2. The van der Waals surface area contributed by atoms with E-state index in [0.29, 0.717) is 17.2 Å². The van der Waals surface area contributed by atoms with Gasteiger partial charge in [0, 0.05) is 23.6 Å². The molecule has 0 aliphatic rings. The molecule has 1 heterocycles. The Balaban J connectivity index is 1.79. The highest BCUT2D eigenvalue weighted by Gasteiger charge is 2.32. The van der Waals surface area contributed by atoms with Crippen LogP contribution in [0.15, 0.2) is 67.0 Å². The summed E-state index contributed by atoms with van der Waals surface area (Å²) < 4.78 is 47.6. The largest absolute Gasteiger partial charge is 0.573 e. The number of halogens is 3. The molecule has 0 fully saturated rings. The van der Waals surface area contributed by atoms with E-state index in [9.17, 15) is 18.0 Å². The second-order valence-electron chi connectivity index (χ2n) is 5.56. The normalized spacial score (nSPS) is 11.0. The maximum absolute atomic E-state index is 12.7. The van der Waals surface area contributed by atoms with Gasteiger partial charge in [-0.1, -0.05) is 0 Å². The Kier molecular flexibility index (Phi) is 5.35.